The van der Waals surface area contributed by atoms with E-state index in [0.29, 0.717) is 4.45 Å². The summed E-state index contributed by atoms with van der Waals surface area (Å²) >= 11 is 13.2. The summed E-state index contributed by atoms with van der Waals surface area (Å²) in [5, 5.41) is 0. The van der Waals surface area contributed by atoms with Crippen molar-refractivity contribution in [3.63, 3.8) is 0 Å². The number of thioether (sulfide) groups is 1. The Bertz CT molecular complexity index is 627. The molecule has 1 nitrogen and oxygen atoms in total. The van der Waals surface area contributed by atoms with Gasteiger partial charge < -0.3 is 4.90 Å². The van der Waals surface area contributed by atoms with Crippen molar-refractivity contribution >= 4 is 45.7 Å². The molecule has 0 aromatic heterocycles. The first kappa shape index (κ1) is 13.0. The van der Waals surface area contributed by atoms with Crippen LogP contribution in [-0.2, 0) is 12.3 Å². The average Bonchev–Trinajstić information content (AvgIpc) is 2.41. The van der Waals surface area contributed by atoms with Gasteiger partial charge in [0, 0.05) is 10.6 Å². The molecule has 1 heterocycles. The summed E-state index contributed by atoms with van der Waals surface area (Å²) in [4.78, 5) is 3.22. The van der Waals surface area contributed by atoms with Crippen LogP contribution in [0.2, 0.25) is 0 Å². The van der Waals surface area contributed by atoms with Gasteiger partial charge in [-0.2, -0.15) is 0 Å². The molecule has 0 N–H and O–H groups in total. The highest BCUT2D eigenvalue weighted by molar-refractivity contribution is 7.98. The average molecular weight is 306 g/mol. The summed E-state index contributed by atoms with van der Waals surface area (Å²) in [7, 11) is 0. The molecule has 0 bridgehead atoms. The molecule has 0 fully saturated rings. The van der Waals surface area contributed by atoms with Gasteiger partial charge >= 0.3 is 0 Å². The Balaban J connectivity index is 2.09. The highest BCUT2D eigenvalue weighted by atomic mass is 35.5. The molecule has 1 aliphatic heterocycles. The third-order valence-corrected chi connectivity index (χ3v) is 4.73. The Labute approximate surface area is 127 Å². The minimum Gasteiger partial charge on any atom is -0.318 e. The van der Waals surface area contributed by atoms with E-state index in [2.05, 4.69) is 42.5 Å². The van der Waals surface area contributed by atoms with Gasteiger partial charge in [0.2, 0.25) is 0 Å². The lowest BCUT2D eigenvalue weighted by molar-refractivity contribution is 0.984. The lowest BCUT2D eigenvalue weighted by Gasteiger charge is -2.27. The van der Waals surface area contributed by atoms with Gasteiger partial charge in [0.1, 0.15) is 0 Å². The van der Waals surface area contributed by atoms with Gasteiger partial charge in [0.25, 0.3) is 0 Å². The second kappa shape index (κ2) is 5.53. The SMILES string of the molecule is S=C(Cl)N1Cc2ccccc2CSc2ccccc21. The van der Waals surface area contributed by atoms with Gasteiger partial charge in [-0.05, 0) is 35.5 Å². The van der Waals surface area contributed by atoms with E-state index in [4.69, 9.17) is 23.8 Å². The van der Waals surface area contributed by atoms with E-state index >= 15 is 0 Å². The number of para-hydroxylation sites is 1. The maximum atomic E-state index is 6.12. The number of nitrogens with zero attached hydrogens (tertiary/aromatic N) is 1. The first-order valence-corrected chi connectivity index (χ1v) is 7.78. The molecule has 2 aromatic carbocycles. The van der Waals surface area contributed by atoms with Crippen LogP contribution in [-0.4, -0.2) is 4.45 Å². The number of benzene rings is 2. The largest absolute Gasteiger partial charge is 0.318 e. The van der Waals surface area contributed by atoms with Gasteiger partial charge in [-0.1, -0.05) is 48.0 Å². The van der Waals surface area contributed by atoms with Crippen molar-refractivity contribution in [1.29, 1.82) is 0 Å². The first-order valence-electron chi connectivity index (χ1n) is 6.01. The summed E-state index contributed by atoms with van der Waals surface area (Å²) in [6, 6.07) is 16.7. The molecule has 0 spiro atoms. The molecule has 4 heteroatoms. The summed E-state index contributed by atoms with van der Waals surface area (Å²) in [5.74, 6) is 0.982. The lowest BCUT2D eigenvalue weighted by Crippen LogP contribution is -2.26. The summed E-state index contributed by atoms with van der Waals surface area (Å²) in [6.45, 7) is 0.732. The number of halogens is 1. The fraction of sp³-hybridized carbons (Fsp3) is 0.133. The minimum atomic E-state index is 0.393. The zero-order valence-electron chi connectivity index (χ0n) is 10.2. The van der Waals surface area contributed by atoms with Crippen LogP contribution < -0.4 is 4.90 Å². The van der Waals surface area contributed by atoms with E-state index in [1.54, 1.807) is 0 Å². The Morgan fingerprint density at radius 2 is 1.74 bits per heavy atom. The second-order valence-corrected chi connectivity index (χ2v) is 6.35. The molecule has 3 rings (SSSR count). The van der Waals surface area contributed by atoms with Crippen LogP contribution in [0.25, 0.3) is 0 Å². The number of rotatable bonds is 0. The molecule has 0 amide bonds. The minimum absolute atomic E-state index is 0.393. The molecule has 0 saturated heterocycles. The van der Waals surface area contributed by atoms with Crippen molar-refractivity contribution in [2.75, 3.05) is 4.90 Å². The number of hydrogen-bond donors (Lipinski definition) is 0. The molecule has 0 radical (unpaired) electrons. The number of thiocarbonyl (C=S) groups is 1. The van der Waals surface area contributed by atoms with Crippen molar-refractivity contribution in [2.24, 2.45) is 0 Å². The Kier molecular flexibility index (Phi) is 3.78. The van der Waals surface area contributed by atoms with Crippen LogP contribution in [0, 0.1) is 0 Å². The van der Waals surface area contributed by atoms with Crippen LogP contribution in [0.3, 0.4) is 0 Å². The van der Waals surface area contributed by atoms with E-state index < -0.39 is 0 Å². The van der Waals surface area contributed by atoms with Gasteiger partial charge in [0.15, 0.2) is 4.45 Å². The highest BCUT2D eigenvalue weighted by Crippen LogP contribution is 2.37. The zero-order chi connectivity index (χ0) is 13.2. The fourth-order valence-corrected chi connectivity index (χ4v) is 3.63. The quantitative estimate of drug-likeness (QED) is 0.390. The number of fused-ring (bicyclic) bond motifs is 2. The van der Waals surface area contributed by atoms with Crippen LogP contribution >= 0.6 is 35.6 Å². The molecular formula is C15H12ClNS2. The van der Waals surface area contributed by atoms with Crippen LogP contribution in [0.4, 0.5) is 5.69 Å². The van der Waals surface area contributed by atoms with E-state index in [0.717, 1.165) is 18.0 Å². The van der Waals surface area contributed by atoms with Crippen LogP contribution in [0.5, 0.6) is 0 Å². The van der Waals surface area contributed by atoms with E-state index in [1.165, 1.54) is 16.0 Å². The maximum Gasteiger partial charge on any atom is 0.174 e. The van der Waals surface area contributed by atoms with E-state index in [9.17, 15) is 0 Å². The first-order chi connectivity index (χ1) is 9.25. The van der Waals surface area contributed by atoms with Crippen molar-refractivity contribution in [2.45, 2.75) is 17.2 Å². The molecule has 0 atom stereocenters. The Morgan fingerprint density at radius 1 is 1.05 bits per heavy atom. The van der Waals surface area contributed by atoms with Crippen molar-refractivity contribution in [3.05, 3.63) is 59.7 Å². The summed E-state index contributed by atoms with van der Waals surface area (Å²) in [6.07, 6.45) is 0. The summed E-state index contributed by atoms with van der Waals surface area (Å²) < 4.78 is 0.393. The molecule has 1 aliphatic rings. The monoisotopic (exact) mass is 305 g/mol. The third-order valence-electron chi connectivity index (χ3n) is 3.20. The summed E-state index contributed by atoms with van der Waals surface area (Å²) in [5.41, 5.74) is 3.73. The number of hydrogen-bond acceptors (Lipinski definition) is 2. The molecule has 96 valence electrons. The van der Waals surface area contributed by atoms with Gasteiger partial charge in [-0.3, -0.25) is 0 Å². The van der Waals surface area contributed by atoms with Gasteiger partial charge in [-0.25, -0.2) is 0 Å². The smallest absolute Gasteiger partial charge is 0.174 e. The van der Waals surface area contributed by atoms with E-state index in [1.807, 2.05) is 22.7 Å². The van der Waals surface area contributed by atoms with Gasteiger partial charge in [0.05, 0.1) is 12.2 Å². The van der Waals surface area contributed by atoms with Crippen molar-refractivity contribution in [3.8, 4) is 0 Å². The lowest BCUT2D eigenvalue weighted by atomic mass is 10.1. The fourth-order valence-electron chi connectivity index (χ4n) is 2.22. The van der Waals surface area contributed by atoms with Crippen molar-refractivity contribution < 1.29 is 0 Å². The van der Waals surface area contributed by atoms with Gasteiger partial charge in [-0.15, -0.1) is 11.8 Å². The third kappa shape index (κ3) is 2.64. The maximum absolute atomic E-state index is 6.12. The normalized spacial score (nSPS) is 14.1. The topological polar surface area (TPSA) is 3.24 Å². The standard InChI is InChI=1S/C15H12ClNS2/c16-15(18)17-9-11-5-1-2-6-12(11)10-19-14-8-4-3-7-13(14)17/h1-8H,9-10H2. The van der Waals surface area contributed by atoms with E-state index in [-0.39, 0.29) is 0 Å². The second-order valence-electron chi connectivity index (χ2n) is 4.36. The molecule has 0 aliphatic carbocycles. The molecule has 2 aromatic rings. The Morgan fingerprint density at radius 3 is 2.53 bits per heavy atom. The number of anilines is 1. The van der Waals surface area contributed by atoms with Crippen LogP contribution in [0.15, 0.2) is 53.4 Å². The van der Waals surface area contributed by atoms with Crippen molar-refractivity contribution in [1.82, 2.24) is 0 Å². The molecular weight excluding hydrogens is 294 g/mol. The van der Waals surface area contributed by atoms with Crippen LogP contribution in [0.1, 0.15) is 11.1 Å². The molecule has 0 saturated carbocycles. The predicted octanol–water partition coefficient (Wildman–Crippen LogP) is 4.82. The zero-order valence-corrected chi connectivity index (χ0v) is 12.6. The molecule has 19 heavy (non-hydrogen) atoms. The predicted molar refractivity (Wildman–Crippen MR) is 87.1 cm³/mol. The Hall–Kier alpha value is -1.03. The highest BCUT2D eigenvalue weighted by Gasteiger charge is 2.19. The molecule has 0 unspecified atom stereocenters.